The molecular weight excluding hydrogens is 352 g/mol. The zero-order chi connectivity index (χ0) is 20.9. The fraction of sp³-hybridized carbons (Fsp3) is 0.500. The van der Waals surface area contributed by atoms with Gasteiger partial charge < -0.3 is 9.84 Å². The molecule has 152 valence electrons. The summed E-state index contributed by atoms with van der Waals surface area (Å²) in [5.41, 5.74) is 3.25. The van der Waals surface area contributed by atoms with E-state index in [1.165, 1.54) is 17.2 Å². The van der Waals surface area contributed by atoms with Gasteiger partial charge in [0.2, 0.25) is 0 Å². The number of phenolic OH excluding ortho intramolecular Hbond substituents is 1. The highest BCUT2D eigenvalue weighted by atomic mass is 16.5. The quantitative estimate of drug-likeness (QED) is 0.453. The number of rotatable bonds is 8. The molecule has 4 heteroatoms. The molecule has 0 amide bonds. The zero-order valence-corrected chi connectivity index (χ0v) is 17.7. The number of hydrogen-bond acceptors (Lipinski definition) is 4. The van der Waals surface area contributed by atoms with Crippen molar-refractivity contribution in [3.63, 3.8) is 0 Å². The van der Waals surface area contributed by atoms with Crippen LogP contribution in [0.4, 0.5) is 0 Å². The van der Waals surface area contributed by atoms with Gasteiger partial charge >= 0.3 is 0 Å². The molecule has 0 radical (unpaired) electrons. The van der Waals surface area contributed by atoms with Crippen LogP contribution in [0, 0.1) is 5.92 Å². The summed E-state index contributed by atoms with van der Waals surface area (Å²) in [6.07, 6.45) is 10.1. The third-order valence-electron chi connectivity index (χ3n) is 5.79. The molecule has 0 aliphatic carbocycles. The van der Waals surface area contributed by atoms with Crippen molar-refractivity contribution in [2.24, 2.45) is 5.92 Å². The molecule has 1 N–H and O–H groups in total. The summed E-state index contributed by atoms with van der Waals surface area (Å²) >= 11 is 0. The average molecular weight is 385 g/mol. The molecule has 0 saturated carbocycles. The van der Waals surface area contributed by atoms with Crippen molar-refractivity contribution in [1.29, 1.82) is 0 Å². The largest absolute Gasteiger partial charge is 0.508 e. The van der Waals surface area contributed by atoms with E-state index in [1.54, 1.807) is 0 Å². The fourth-order valence-corrected chi connectivity index (χ4v) is 3.70. The summed E-state index contributed by atoms with van der Waals surface area (Å²) in [4.78, 5) is 22.9. The third-order valence-corrected chi connectivity index (χ3v) is 5.79. The SMILES string of the molecule is CC(C)=CCC/C(C)=C/CC[C@]1(C)Oc2c(C=O)c(C=O)cc(O)c2C[C@@H]1C. The summed E-state index contributed by atoms with van der Waals surface area (Å²) < 4.78 is 6.28. The fourth-order valence-electron chi connectivity index (χ4n) is 3.70. The molecule has 4 nitrogen and oxygen atoms in total. The van der Waals surface area contributed by atoms with Crippen LogP contribution < -0.4 is 4.74 Å². The second-order valence-electron chi connectivity index (χ2n) is 8.37. The maximum Gasteiger partial charge on any atom is 0.154 e. The van der Waals surface area contributed by atoms with Crippen molar-refractivity contribution in [1.82, 2.24) is 0 Å². The predicted molar refractivity (Wildman–Crippen MR) is 112 cm³/mol. The number of allylic oxidation sites excluding steroid dienone is 4. The molecule has 1 aliphatic rings. The smallest absolute Gasteiger partial charge is 0.154 e. The van der Waals surface area contributed by atoms with Gasteiger partial charge in [0, 0.05) is 11.1 Å². The Hall–Kier alpha value is -2.36. The maximum atomic E-state index is 11.6. The predicted octanol–water partition coefficient (Wildman–Crippen LogP) is 5.82. The van der Waals surface area contributed by atoms with Crippen LogP contribution in [-0.2, 0) is 6.42 Å². The minimum absolute atomic E-state index is 0.0200. The number of aldehydes is 2. The van der Waals surface area contributed by atoms with Crippen LogP contribution in [0.25, 0.3) is 0 Å². The highest BCUT2D eigenvalue weighted by molar-refractivity contribution is 5.94. The summed E-state index contributed by atoms with van der Waals surface area (Å²) in [6, 6.07) is 1.35. The van der Waals surface area contributed by atoms with Crippen molar-refractivity contribution in [3.05, 3.63) is 46.1 Å². The molecule has 1 aromatic rings. The van der Waals surface area contributed by atoms with Gasteiger partial charge in [0.15, 0.2) is 12.6 Å². The van der Waals surface area contributed by atoms with Gasteiger partial charge in [-0.2, -0.15) is 0 Å². The Morgan fingerprint density at radius 3 is 2.54 bits per heavy atom. The lowest BCUT2D eigenvalue weighted by Crippen LogP contribution is -2.44. The highest BCUT2D eigenvalue weighted by Crippen LogP contribution is 2.45. The minimum Gasteiger partial charge on any atom is -0.508 e. The maximum absolute atomic E-state index is 11.6. The van der Waals surface area contributed by atoms with Gasteiger partial charge in [-0.05, 0) is 71.8 Å². The molecular formula is C24H32O4. The Labute approximate surface area is 168 Å². The third kappa shape index (κ3) is 4.92. The van der Waals surface area contributed by atoms with Crippen LogP contribution in [0.3, 0.4) is 0 Å². The van der Waals surface area contributed by atoms with Gasteiger partial charge in [-0.15, -0.1) is 0 Å². The van der Waals surface area contributed by atoms with Crippen molar-refractivity contribution < 1.29 is 19.4 Å². The second-order valence-corrected chi connectivity index (χ2v) is 8.37. The number of fused-ring (bicyclic) bond motifs is 1. The van der Waals surface area contributed by atoms with Gasteiger partial charge in [0.05, 0.1) is 5.56 Å². The molecule has 1 heterocycles. The van der Waals surface area contributed by atoms with Gasteiger partial charge in [0.25, 0.3) is 0 Å². The number of ether oxygens (including phenoxy) is 1. The first-order valence-electron chi connectivity index (χ1n) is 9.99. The van der Waals surface area contributed by atoms with E-state index in [4.69, 9.17) is 4.74 Å². The first-order chi connectivity index (χ1) is 13.2. The van der Waals surface area contributed by atoms with E-state index < -0.39 is 5.60 Å². The van der Waals surface area contributed by atoms with Crippen LogP contribution >= 0.6 is 0 Å². The van der Waals surface area contributed by atoms with Crippen LogP contribution in [0.5, 0.6) is 11.5 Å². The van der Waals surface area contributed by atoms with E-state index in [9.17, 15) is 14.7 Å². The Bertz CT molecular complexity index is 799. The molecule has 0 unspecified atom stereocenters. The van der Waals surface area contributed by atoms with E-state index in [-0.39, 0.29) is 22.8 Å². The van der Waals surface area contributed by atoms with Crippen molar-refractivity contribution in [2.45, 2.75) is 72.3 Å². The van der Waals surface area contributed by atoms with Crippen LogP contribution in [0.2, 0.25) is 0 Å². The molecule has 2 atom stereocenters. The summed E-state index contributed by atoms with van der Waals surface area (Å²) in [5, 5.41) is 10.3. The summed E-state index contributed by atoms with van der Waals surface area (Å²) in [6.45, 7) is 10.5. The van der Waals surface area contributed by atoms with Crippen LogP contribution in [-0.4, -0.2) is 23.3 Å². The molecule has 1 aliphatic heterocycles. The number of benzene rings is 1. The van der Waals surface area contributed by atoms with Gasteiger partial charge in [-0.25, -0.2) is 0 Å². The number of carbonyl (C=O) groups is 2. The van der Waals surface area contributed by atoms with Crippen molar-refractivity contribution in [2.75, 3.05) is 0 Å². The molecule has 1 aromatic carbocycles. The lowest BCUT2D eigenvalue weighted by atomic mass is 9.78. The summed E-state index contributed by atoms with van der Waals surface area (Å²) in [7, 11) is 0. The molecule has 2 rings (SSSR count). The molecule has 0 aromatic heterocycles. The van der Waals surface area contributed by atoms with E-state index in [0.717, 1.165) is 25.7 Å². The first-order valence-corrected chi connectivity index (χ1v) is 9.99. The molecule has 0 bridgehead atoms. The second kappa shape index (κ2) is 9.22. The average Bonchev–Trinajstić information content (AvgIpc) is 2.63. The number of hydrogen-bond donors (Lipinski definition) is 1. The highest BCUT2D eigenvalue weighted by Gasteiger charge is 2.40. The van der Waals surface area contributed by atoms with E-state index >= 15 is 0 Å². The number of phenols is 1. The topological polar surface area (TPSA) is 63.6 Å². The lowest BCUT2D eigenvalue weighted by molar-refractivity contribution is 0.00900. The monoisotopic (exact) mass is 384 g/mol. The van der Waals surface area contributed by atoms with Crippen LogP contribution in [0.15, 0.2) is 29.4 Å². The van der Waals surface area contributed by atoms with E-state index in [2.05, 4.69) is 39.8 Å². The Kier molecular flexibility index (Phi) is 7.22. The minimum atomic E-state index is -0.463. The normalized spacial score (nSPS) is 21.5. The zero-order valence-electron chi connectivity index (χ0n) is 17.7. The van der Waals surface area contributed by atoms with E-state index in [0.29, 0.717) is 30.3 Å². The first kappa shape index (κ1) is 21.9. The Morgan fingerprint density at radius 1 is 1.21 bits per heavy atom. The molecule has 0 fully saturated rings. The van der Waals surface area contributed by atoms with Crippen molar-refractivity contribution >= 4 is 12.6 Å². The van der Waals surface area contributed by atoms with Gasteiger partial charge in [-0.1, -0.05) is 30.2 Å². The van der Waals surface area contributed by atoms with E-state index in [1.807, 2.05) is 6.92 Å². The lowest BCUT2D eigenvalue weighted by Gasteiger charge is -2.42. The molecule has 0 spiro atoms. The molecule has 0 saturated heterocycles. The number of aromatic hydroxyl groups is 1. The van der Waals surface area contributed by atoms with Gasteiger partial charge in [0.1, 0.15) is 17.1 Å². The van der Waals surface area contributed by atoms with Crippen molar-refractivity contribution in [3.8, 4) is 11.5 Å². The molecule has 28 heavy (non-hydrogen) atoms. The van der Waals surface area contributed by atoms with Crippen LogP contribution in [0.1, 0.15) is 86.6 Å². The van der Waals surface area contributed by atoms with Gasteiger partial charge in [-0.3, -0.25) is 9.59 Å². The summed E-state index contributed by atoms with van der Waals surface area (Å²) in [5.74, 6) is 0.556. The number of carbonyl (C=O) groups excluding carboxylic acids is 2. The Balaban J connectivity index is 2.17. The Morgan fingerprint density at radius 2 is 1.93 bits per heavy atom. The standard InChI is InChI=1S/C24H32O4/c1-16(2)8-6-9-17(3)10-7-11-24(5)18(4)12-20-22(27)13-19(14-25)21(15-26)23(20)28-24/h8,10,13-15,18,27H,6-7,9,11-12H2,1-5H3/b17-10+/t18-,24-/m0/s1.